The van der Waals surface area contributed by atoms with Crippen LogP contribution >= 0.6 is 11.3 Å². The van der Waals surface area contributed by atoms with E-state index in [1.54, 1.807) is 16.2 Å². The molecule has 24 heavy (non-hydrogen) atoms. The topological polar surface area (TPSA) is 55.8 Å². The zero-order valence-corrected chi connectivity index (χ0v) is 15.6. The molecule has 2 aliphatic rings. The van der Waals surface area contributed by atoms with Crippen molar-refractivity contribution in [3.63, 3.8) is 0 Å². The van der Waals surface area contributed by atoms with Gasteiger partial charge in [-0.3, -0.25) is 4.79 Å². The summed E-state index contributed by atoms with van der Waals surface area (Å²) in [6.45, 7) is 9.02. The summed E-state index contributed by atoms with van der Waals surface area (Å²) in [4.78, 5) is 28.4. The van der Waals surface area contributed by atoms with Crippen LogP contribution in [-0.2, 0) is 21.5 Å². The summed E-state index contributed by atoms with van der Waals surface area (Å²) in [7, 11) is 0. The van der Waals surface area contributed by atoms with Gasteiger partial charge in [0.05, 0.1) is 0 Å². The van der Waals surface area contributed by atoms with Crippen LogP contribution in [0.25, 0.3) is 0 Å². The molecule has 1 spiro atoms. The molecule has 1 fully saturated rings. The van der Waals surface area contributed by atoms with Crippen LogP contribution < -0.4 is 0 Å². The standard InChI is InChI=1S/C18H25NO4S/c1-5-12-10-13-14(20)11-22-18(15(13)24-12)6-8-19(9-7-18)16(21)23-17(2,3)4/h10H,5-9,11H2,1-4H3. The van der Waals surface area contributed by atoms with Crippen LogP contribution in [0.3, 0.4) is 0 Å². The Kier molecular flexibility index (Phi) is 4.47. The van der Waals surface area contributed by atoms with Gasteiger partial charge in [-0.25, -0.2) is 4.79 Å². The third kappa shape index (κ3) is 3.22. The molecule has 0 aromatic carbocycles. The first-order valence-corrected chi connectivity index (χ1v) is 9.34. The molecule has 3 rings (SSSR count). The minimum Gasteiger partial charge on any atom is -0.444 e. The van der Waals surface area contributed by atoms with Crippen LogP contribution in [-0.4, -0.2) is 42.1 Å². The van der Waals surface area contributed by atoms with Crippen LogP contribution in [0.5, 0.6) is 0 Å². The first-order chi connectivity index (χ1) is 11.2. The first-order valence-electron chi connectivity index (χ1n) is 8.52. The molecule has 6 heteroatoms. The molecule has 0 N–H and O–H groups in total. The average molecular weight is 351 g/mol. The van der Waals surface area contributed by atoms with Crippen molar-refractivity contribution < 1.29 is 19.1 Å². The van der Waals surface area contributed by atoms with Crippen molar-refractivity contribution in [2.24, 2.45) is 0 Å². The summed E-state index contributed by atoms with van der Waals surface area (Å²) < 4.78 is 11.5. The lowest BCUT2D eigenvalue weighted by molar-refractivity contribution is -0.0847. The zero-order chi connectivity index (χ0) is 17.5. The molecule has 1 aromatic rings. The van der Waals surface area contributed by atoms with Gasteiger partial charge in [0, 0.05) is 28.4 Å². The van der Waals surface area contributed by atoms with Crippen molar-refractivity contribution in [2.45, 2.75) is 58.2 Å². The van der Waals surface area contributed by atoms with Crippen molar-refractivity contribution in [2.75, 3.05) is 19.7 Å². The van der Waals surface area contributed by atoms with Crippen molar-refractivity contribution in [1.29, 1.82) is 0 Å². The number of Topliss-reactive ketones (excluding diaryl/α,β-unsaturated/α-hetero) is 1. The average Bonchev–Trinajstić information content (AvgIpc) is 2.96. The molecule has 1 saturated heterocycles. The Morgan fingerprint density at radius 2 is 2.04 bits per heavy atom. The van der Waals surface area contributed by atoms with Gasteiger partial charge in [0.15, 0.2) is 5.78 Å². The quantitative estimate of drug-likeness (QED) is 0.773. The van der Waals surface area contributed by atoms with Crippen LogP contribution in [0, 0.1) is 0 Å². The fourth-order valence-corrected chi connectivity index (χ4v) is 4.57. The van der Waals surface area contributed by atoms with Gasteiger partial charge in [-0.15, -0.1) is 11.3 Å². The number of rotatable bonds is 1. The number of aryl methyl sites for hydroxylation is 1. The van der Waals surface area contributed by atoms with Crippen LogP contribution in [0.1, 0.15) is 60.6 Å². The number of fused-ring (bicyclic) bond motifs is 2. The molecule has 0 aliphatic carbocycles. The van der Waals surface area contributed by atoms with Gasteiger partial charge in [-0.05, 0) is 46.1 Å². The van der Waals surface area contributed by atoms with Crippen molar-refractivity contribution >= 4 is 23.2 Å². The lowest BCUT2D eigenvalue weighted by Gasteiger charge is -2.43. The number of amides is 1. The Labute approximate surface area is 146 Å². The van der Waals surface area contributed by atoms with Crippen molar-refractivity contribution in [3.8, 4) is 0 Å². The predicted octanol–water partition coefficient (Wildman–Crippen LogP) is 3.75. The number of carbonyl (C=O) groups is 2. The van der Waals surface area contributed by atoms with E-state index in [2.05, 4.69) is 6.92 Å². The number of hydrogen-bond donors (Lipinski definition) is 0. The summed E-state index contributed by atoms with van der Waals surface area (Å²) in [5, 5.41) is 0. The molecule has 0 saturated carbocycles. The predicted molar refractivity (Wildman–Crippen MR) is 92.7 cm³/mol. The number of carbonyl (C=O) groups excluding carboxylic acids is 2. The lowest BCUT2D eigenvalue weighted by atomic mass is 9.85. The molecule has 0 bridgehead atoms. The summed E-state index contributed by atoms with van der Waals surface area (Å²) in [6, 6.07) is 2.02. The second-order valence-electron chi connectivity index (χ2n) is 7.48. The highest BCUT2D eigenvalue weighted by atomic mass is 32.1. The zero-order valence-electron chi connectivity index (χ0n) is 14.8. The number of hydrogen-bond acceptors (Lipinski definition) is 5. The number of ether oxygens (including phenoxy) is 2. The summed E-state index contributed by atoms with van der Waals surface area (Å²) in [6.07, 6.45) is 2.06. The van der Waals surface area contributed by atoms with E-state index in [-0.39, 0.29) is 18.5 Å². The van der Waals surface area contributed by atoms with E-state index in [1.165, 1.54) is 4.88 Å². The van der Waals surface area contributed by atoms with E-state index in [0.717, 1.165) is 16.9 Å². The lowest BCUT2D eigenvalue weighted by Crippen LogP contribution is -2.49. The fraction of sp³-hybridized carbons (Fsp3) is 0.667. The monoisotopic (exact) mass is 351 g/mol. The van der Waals surface area contributed by atoms with Gasteiger partial charge in [-0.1, -0.05) is 6.92 Å². The molecule has 132 valence electrons. The van der Waals surface area contributed by atoms with Gasteiger partial charge in [0.25, 0.3) is 0 Å². The van der Waals surface area contributed by atoms with Crippen molar-refractivity contribution in [3.05, 3.63) is 21.4 Å². The van der Waals surface area contributed by atoms with Gasteiger partial charge in [0.2, 0.25) is 0 Å². The summed E-state index contributed by atoms with van der Waals surface area (Å²) in [5.41, 5.74) is -0.0784. The highest BCUT2D eigenvalue weighted by Crippen LogP contribution is 2.45. The Morgan fingerprint density at radius 1 is 1.38 bits per heavy atom. The van der Waals surface area contributed by atoms with E-state index >= 15 is 0 Å². The molecule has 0 unspecified atom stereocenters. The number of thiophene rings is 1. The highest BCUT2D eigenvalue weighted by molar-refractivity contribution is 7.12. The minimum absolute atomic E-state index is 0.0705. The molecular weight excluding hydrogens is 326 g/mol. The number of likely N-dealkylation sites (tertiary alicyclic amines) is 1. The van der Waals surface area contributed by atoms with E-state index in [1.807, 2.05) is 26.8 Å². The van der Waals surface area contributed by atoms with Gasteiger partial charge in [-0.2, -0.15) is 0 Å². The SMILES string of the molecule is CCc1cc2c(s1)C1(CCN(C(=O)OC(C)(C)C)CC1)OCC2=O. The second-order valence-corrected chi connectivity index (χ2v) is 8.62. The van der Waals surface area contributed by atoms with Crippen LogP contribution in [0.4, 0.5) is 4.79 Å². The Morgan fingerprint density at radius 3 is 2.62 bits per heavy atom. The van der Waals surface area contributed by atoms with E-state index in [4.69, 9.17) is 9.47 Å². The molecule has 2 aliphatic heterocycles. The molecule has 3 heterocycles. The normalized spacial score (nSPS) is 20.2. The van der Waals surface area contributed by atoms with Crippen molar-refractivity contribution in [1.82, 2.24) is 4.90 Å². The maximum atomic E-state index is 12.2. The largest absolute Gasteiger partial charge is 0.444 e. The van der Waals surface area contributed by atoms with Gasteiger partial charge < -0.3 is 14.4 Å². The number of ketones is 1. The summed E-state index contributed by atoms with van der Waals surface area (Å²) in [5.74, 6) is 0.0705. The molecule has 1 aromatic heterocycles. The van der Waals surface area contributed by atoms with E-state index in [0.29, 0.717) is 25.9 Å². The highest BCUT2D eigenvalue weighted by Gasteiger charge is 2.45. The maximum Gasteiger partial charge on any atom is 0.410 e. The van der Waals surface area contributed by atoms with E-state index in [9.17, 15) is 9.59 Å². The Hall–Kier alpha value is -1.40. The fourth-order valence-electron chi connectivity index (χ4n) is 3.26. The Balaban J connectivity index is 1.76. The molecule has 5 nitrogen and oxygen atoms in total. The number of piperidine rings is 1. The minimum atomic E-state index is -0.489. The molecule has 0 atom stereocenters. The summed E-state index contributed by atoms with van der Waals surface area (Å²) >= 11 is 1.68. The Bertz CT molecular complexity index is 650. The smallest absolute Gasteiger partial charge is 0.410 e. The first kappa shape index (κ1) is 17.4. The molecule has 1 amide bonds. The molecular formula is C18H25NO4S. The maximum absolute atomic E-state index is 12.2. The van der Waals surface area contributed by atoms with Gasteiger partial charge >= 0.3 is 6.09 Å². The van der Waals surface area contributed by atoms with Gasteiger partial charge in [0.1, 0.15) is 17.8 Å². The number of nitrogens with zero attached hydrogens (tertiary/aromatic N) is 1. The van der Waals surface area contributed by atoms with Crippen LogP contribution in [0.2, 0.25) is 0 Å². The third-order valence-electron chi connectivity index (χ3n) is 4.55. The van der Waals surface area contributed by atoms with Crippen LogP contribution in [0.15, 0.2) is 6.07 Å². The second kappa shape index (κ2) is 6.15. The van der Waals surface area contributed by atoms with E-state index < -0.39 is 11.2 Å². The molecule has 0 radical (unpaired) electrons. The third-order valence-corrected chi connectivity index (χ3v) is 6.01.